The van der Waals surface area contributed by atoms with Gasteiger partial charge in [0.1, 0.15) is 0 Å². The van der Waals surface area contributed by atoms with Crippen LogP contribution in [0.3, 0.4) is 0 Å². The average Bonchev–Trinajstić information content (AvgIpc) is 2.38. The maximum atomic E-state index is 11.6. The number of aryl methyl sites for hydroxylation is 1. The van der Waals surface area contributed by atoms with Crippen molar-refractivity contribution in [3.8, 4) is 0 Å². The first-order valence-electron chi connectivity index (χ1n) is 5.83. The summed E-state index contributed by atoms with van der Waals surface area (Å²) < 4.78 is 4.87. The lowest BCUT2D eigenvalue weighted by atomic mass is 10.1. The van der Waals surface area contributed by atoms with E-state index in [0.29, 0.717) is 31.1 Å². The largest absolute Gasteiger partial charge is 0.383 e. The minimum absolute atomic E-state index is 0.0752. The SMILES string of the molecule is COCCNC(=S)NC(=O)CCc1ccccc1. The monoisotopic (exact) mass is 266 g/mol. The van der Waals surface area contributed by atoms with Crippen LogP contribution in [-0.2, 0) is 16.0 Å². The van der Waals surface area contributed by atoms with E-state index < -0.39 is 0 Å². The Morgan fingerprint density at radius 3 is 2.72 bits per heavy atom. The van der Waals surface area contributed by atoms with Crippen LogP contribution in [0, 0.1) is 0 Å². The second-order valence-electron chi connectivity index (χ2n) is 3.78. The van der Waals surface area contributed by atoms with Crippen molar-refractivity contribution in [2.24, 2.45) is 0 Å². The van der Waals surface area contributed by atoms with E-state index in [-0.39, 0.29) is 5.91 Å². The number of carbonyl (C=O) groups excluding carboxylic acids is 1. The molecule has 4 nitrogen and oxygen atoms in total. The van der Waals surface area contributed by atoms with E-state index in [2.05, 4.69) is 10.6 Å². The van der Waals surface area contributed by atoms with Gasteiger partial charge < -0.3 is 15.4 Å². The third-order valence-electron chi connectivity index (χ3n) is 2.33. The average molecular weight is 266 g/mol. The second kappa shape index (κ2) is 8.60. The second-order valence-corrected chi connectivity index (χ2v) is 4.19. The summed E-state index contributed by atoms with van der Waals surface area (Å²) >= 11 is 4.98. The van der Waals surface area contributed by atoms with Gasteiger partial charge in [-0.3, -0.25) is 4.79 Å². The normalized spacial score (nSPS) is 9.83. The highest BCUT2D eigenvalue weighted by Crippen LogP contribution is 2.01. The first-order chi connectivity index (χ1) is 8.72. The van der Waals surface area contributed by atoms with Crippen LogP contribution in [0.4, 0.5) is 0 Å². The number of carbonyl (C=O) groups is 1. The number of thiocarbonyl (C=S) groups is 1. The summed E-state index contributed by atoms with van der Waals surface area (Å²) in [6.07, 6.45) is 1.14. The fraction of sp³-hybridized carbons (Fsp3) is 0.385. The molecule has 0 aliphatic rings. The molecule has 0 spiro atoms. The van der Waals surface area contributed by atoms with E-state index >= 15 is 0 Å². The van der Waals surface area contributed by atoms with Crippen LogP contribution in [-0.4, -0.2) is 31.3 Å². The molecule has 0 saturated heterocycles. The summed E-state index contributed by atoms with van der Waals surface area (Å²) in [5, 5.41) is 5.87. The lowest BCUT2D eigenvalue weighted by molar-refractivity contribution is -0.119. The molecule has 1 amide bonds. The Hall–Kier alpha value is -1.46. The number of amides is 1. The van der Waals surface area contributed by atoms with Crippen LogP contribution in [0.1, 0.15) is 12.0 Å². The van der Waals surface area contributed by atoms with E-state index in [1.165, 1.54) is 0 Å². The molecule has 1 rings (SSSR count). The zero-order chi connectivity index (χ0) is 13.2. The Kier molecular flexibility index (Phi) is 6.98. The molecular formula is C13H18N2O2S. The summed E-state index contributed by atoms with van der Waals surface area (Å²) in [4.78, 5) is 11.6. The maximum absolute atomic E-state index is 11.6. The fourth-order valence-corrected chi connectivity index (χ4v) is 1.62. The van der Waals surface area contributed by atoms with Crippen molar-refractivity contribution in [2.75, 3.05) is 20.3 Å². The molecule has 0 aromatic heterocycles. The molecular weight excluding hydrogens is 248 g/mol. The van der Waals surface area contributed by atoms with Gasteiger partial charge in [0.05, 0.1) is 6.61 Å². The van der Waals surface area contributed by atoms with Gasteiger partial charge in [-0.25, -0.2) is 0 Å². The van der Waals surface area contributed by atoms with Crippen molar-refractivity contribution < 1.29 is 9.53 Å². The molecule has 0 radical (unpaired) electrons. The number of hydrogen-bond acceptors (Lipinski definition) is 3. The molecule has 5 heteroatoms. The molecule has 0 unspecified atom stereocenters. The highest BCUT2D eigenvalue weighted by atomic mass is 32.1. The van der Waals surface area contributed by atoms with Gasteiger partial charge in [0, 0.05) is 20.1 Å². The third kappa shape index (κ3) is 6.32. The predicted molar refractivity (Wildman–Crippen MR) is 75.4 cm³/mol. The van der Waals surface area contributed by atoms with Crippen molar-refractivity contribution in [1.29, 1.82) is 0 Å². The number of methoxy groups -OCH3 is 1. The van der Waals surface area contributed by atoms with Crippen molar-refractivity contribution in [3.63, 3.8) is 0 Å². The first kappa shape index (κ1) is 14.6. The first-order valence-corrected chi connectivity index (χ1v) is 6.23. The van der Waals surface area contributed by atoms with Crippen LogP contribution in [0.2, 0.25) is 0 Å². The Morgan fingerprint density at radius 2 is 2.06 bits per heavy atom. The molecule has 0 aliphatic carbocycles. The molecule has 0 heterocycles. The number of benzene rings is 1. The lowest BCUT2D eigenvalue weighted by Crippen LogP contribution is -2.40. The number of nitrogens with one attached hydrogen (secondary N) is 2. The van der Waals surface area contributed by atoms with Gasteiger partial charge in [-0.05, 0) is 24.2 Å². The van der Waals surface area contributed by atoms with Gasteiger partial charge in [-0.2, -0.15) is 0 Å². The van der Waals surface area contributed by atoms with Gasteiger partial charge >= 0.3 is 0 Å². The van der Waals surface area contributed by atoms with Gasteiger partial charge in [-0.1, -0.05) is 30.3 Å². The van der Waals surface area contributed by atoms with Crippen molar-refractivity contribution in [3.05, 3.63) is 35.9 Å². The zero-order valence-electron chi connectivity index (χ0n) is 10.4. The minimum Gasteiger partial charge on any atom is -0.383 e. The van der Waals surface area contributed by atoms with Gasteiger partial charge in [0.2, 0.25) is 5.91 Å². The predicted octanol–water partition coefficient (Wildman–Crippen LogP) is 1.26. The Labute approximate surface area is 113 Å². The van der Waals surface area contributed by atoms with Crippen molar-refractivity contribution in [2.45, 2.75) is 12.8 Å². The van der Waals surface area contributed by atoms with Crippen molar-refractivity contribution in [1.82, 2.24) is 10.6 Å². The van der Waals surface area contributed by atoms with Gasteiger partial charge in [0.15, 0.2) is 5.11 Å². The summed E-state index contributed by atoms with van der Waals surface area (Å²) in [6, 6.07) is 9.89. The van der Waals surface area contributed by atoms with Crippen LogP contribution in [0.15, 0.2) is 30.3 Å². The minimum atomic E-state index is -0.0752. The van der Waals surface area contributed by atoms with Gasteiger partial charge in [-0.15, -0.1) is 0 Å². The quantitative estimate of drug-likeness (QED) is 0.601. The lowest BCUT2D eigenvalue weighted by Gasteiger charge is -2.08. The molecule has 18 heavy (non-hydrogen) atoms. The topological polar surface area (TPSA) is 50.4 Å². The number of rotatable bonds is 6. The Morgan fingerprint density at radius 1 is 1.33 bits per heavy atom. The molecule has 1 aromatic carbocycles. The molecule has 0 fully saturated rings. The molecule has 0 saturated carbocycles. The fourth-order valence-electron chi connectivity index (χ4n) is 1.40. The zero-order valence-corrected chi connectivity index (χ0v) is 11.3. The summed E-state index contributed by atoms with van der Waals surface area (Å²) in [7, 11) is 1.61. The molecule has 2 N–H and O–H groups in total. The Bertz CT molecular complexity index is 382. The van der Waals surface area contributed by atoms with Crippen LogP contribution in [0.25, 0.3) is 0 Å². The molecule has 1 aromatic rings. The van der Waals surface area contributed by atoms with E-state index in [0.717, 1.165) is 5.56 Å². The standard InChI is InChI=1S/C13H18N2O2S/c1-17-10-9-14-13(18)15-12(16)8-7-11-5-3-2-4-6-11/h2-6H,7-10H2,1H3,(H2,14,15,16,18). The van der Waals surface area contributed by atoms with E-state index in [4.69, 9.17) is 17.0 Å². The van der Waals surface area contributed by atoms with Crippen molar-refractivity contribution >= 4 is 23.2 Å². The van der Waals surface area contributed by atoms with E-state index in [1.807, 2.05) is 30.3 Å². The molecule has 0 atom stereocenters. The van der Waals surface area contributed by atoms with Crippen LogP contribution >= 0.6 is 12.2 Å². The molecule has 0 bridgehead atoms. The van der Waals surface area contributed by atoms with Crippen LogP contribution in [0.5, 0.6) is 0 Å². The van der Waals surface area contributed by atoms with E-state index in [1.54, 1.807) is 7.11 Å². The smallest absolute Gasteiger partial charge is 0.226 e. The highest BCUT2D eigenvalue weighted by Gasteiger charge is 2.04. The highest BCUT2D eigenvalue weighted by molar-refractivity contribution is 7.80. The molecule has 98 valence electrons. The van der Waals surface area contributed by atoms with Crippen LogP contribution < -0.4 is 10.6 Å². The summed E-state index contributed by atoms with van der Waals surface area (Å²) in [5.41, 5.74) is 1.14. The summed E-state index contributed by atoms with van der Waals surface area (Å²) in [6.45, 7) is 1.15. The number of hydrogen-bond donors (Lipinski definition) is 2. The third-order valence-corrected chi connectivity index (χ3v) is 2.57. The molecule has 0 aliphatic heterocycles. The summed E-state index contributed by atoms with van der Waals surface area (Å²) in [5.74, 6) is -0.0752. The van der Waals surface area contributed by atoms with Gasteiger partial charge in [0.25, 0.3) is 0 Å². The van der Waals surface area contributed by atoms with E-state index in [9.17, 15) is 4.79 Å². The number of ether oxygens (including phenoxy) is 1. The maximum Gasteiger partial charge on any atom is 0.226 e. The Balaban J connectivity index is 2.19.